The lowest BCUT2D eigenvalue weighted by atomic mass is 10.4. The van der Waals surface area contributed by atoms with E-state index in [1.165, 1.54) is 0 Å². The number of nitrogens with zero attached hydrogens (tertiary/aromatic N) is 1. The lowest BCUT2D eigenvalue weighted by Gasteiger charge is -2.01. The Labute approximate surface area is 70.8 Å². The van der Waals surface area contributed by atoms with Gasteiger partial charge in [0, 0.05) is 24.4 Å². The normalized spacial score (nSPS) is 9.42. The highest BCUT2D eigenvalue weighted by molar-refractivity contribution is 5.89. The fourth-order valence-corrected chi connectivity index (χ4v) is 0.746. The van der Waals surface area contributed by atoms with E-state index < -0.39 is 0 Å². The first-order valence-corrected chi connectivity index (χ1v) is 3.73. The van der Waals surface area contributed by atoms with E-state index in [-0.39, 0.29) is 5.91 Å². The van der Waals surface area contributed by atoms with Crippen molar-refractivity contribution in [3.63, 3.8) is 0 Å². The van der Waals surface area contributed by atoms with E-state index in [2.05, 4.69) is 10.3 Å². The van der Waals surface area contributed by atoms with Crippen LogP contribution in [0.25, 0.3) is 0 Å². The molecule has 0 atom stereocenters. The summed E-state index contributed by atoms with van der Waals surface area (Å²) in [5.74, 6) is 0.440. The molecule has 1 rings (SSSR count). The summed E-state index contributed by atoms with van der Waals surface area (Å²) in [6.07, 6.45) is 2.00. The van der Waals surface area contributed by atoms with Gasteiger partial charge >= 0.3 is 0 Å². The molecule has 1 aromatic rings. The van der Waals surface area contributed by atoms with Crippen LogP contribution in [0, 0.1) is 0 Å². The van der Waals surface area contributed by atoms with Gasteiger partial charge in [0.05, 0.1) is 0 Å². The highest BCUT2D eigenvalue weighted by atomic mass is 16.1. The number of hydrogen-bond donors (Lipinski definition) is 2. The second-order valence-electron chi connectivity index (χ2n) is 2.38. The second-order valence-corrected chi connectivity index (χ2v) is 2.38. The van der Waals surface area contributed by atoms with E-state index in [4.69, 9.17) is 5.73 Å². The molecule has 0 saturated heterocycles. The fraction of sp³-hybridized carbons (Fsp3) is 0.250. The third-order valence-electron chi connectivity index (χ3n) is 1.37. The Hall–Kier alpha value is -1.58. The van der Waals surface area contributed by atoms with Crippen LogP contribution in [-0.2, 0) is 4.79 Å². The molecule has 0 aliphatic carbocycles. The van der Waals surface area contributed by atoms with Gasteiger partial charge in [-0.1, -0.05) is 6.92 Å². The van der Waals surface area contributed by atoms with Gasteiger partial charge in [-0.2, -0.15) is 0 Å². The van der Waals surface area contributed by atoms with Crippen molar-refractivity contribution < 1.29 is 4.79 Å². The number of carbonyl (C=O) groups is 1. The monoisotopic (exact) mass is 165 g/mol. The molecule has 0 aromatic carbocycles. The van der Waals surface area contributed by atoms with E-state index in [0.29, 0.717) is 17.9 Å². The molecule has 0 aliphatic rings. The SMILES string of the molecule is CCC(=O)Nc1cc(N)ccn1. The summed E-state index contributed by atoms with van der Waals surface area (Å²) in [6.45, 7) is 1.78. The zero-order chi connectivity index (χ0) is 8.97. The van der Waals surface area contributed by atoms with Crippen molar-refractivity contribution in [2.45, 2.75) is 13.3 Å². The number of pyridine rings is 1. The number of aromatic nitrogens is 1. The summed E-state index contributed by atoms with van der Waals surface area (Å²) in [4.78, 5) is 14.8. The van der Waals surface area contributed by atoms with Crippen LogP contribution in [0.2, 0.25) is 0 Å². The maximum atomic E-state index is 10.9. The minimum Gasteiger partial charge on any atom is -0.399 e. The average Bonchev–Trinajstić information content (AvgIpc) is 2.04. The van der Waals surface area contributed by atoms with Crippen LogP contribution in [0.1, 0.15) is 13.3 Å². The second kappa shape index (κ2) is 3.71. The summed E-state index contributed by atoms with van der Waals surface area (Å²) in [5, 5.41) is 2.60. The van der Waals surface area contributed by atoms with Gasteiger partial charge < -0.3 is 11.1 Å². The Bertz CT molecular complexity index is 285. The summed E-state index contributed by atoms with van der Waals surface area (Å²) in [6, 6.07) is 3.29. The molecule has 1 aromatic heterocycles. The molecule has 12 heavy (non-hydrogen) atoms. The van der Waals surface area contributed by atoms with Crippen molar-refractivity contribution in [1.29, 1.82) is 0 Å². The molecule has 1 amide bonds. The molecular weight excluding hydrogens is 154 g/mol. The van der Waals surface area contributed by atoms with Crippen molar-refractivity contribution in [2.24, 2.45) is 0 Å². The van der Waals surface area contributed by atoms with Gasteiger partial charge in [-0.05, 0) is 6.07 Å². The van der Waals surface area contributed by atoms with Gasteiger partial charge in [-0.25, -0.2) is 4.98 Å². The van der Waals surface area contributed by atoms with Crippen molar-refractivity contribution in [3.8, 4) is 0 Å². The Morgan fingerprint density at radius 3 is 3.08 bits per heavy atom. The first-order chi connectivity index (χ1) is 5.72. The number of nitrogen functional groups attached to an aromatic ring is 1. The molecule has 0 fully saturated rings. The summed E-state index contributed by atoms with van der Waals surface area (Å²) in [7, 11) is 0. The van der Waals surface area contributed by atoms with E-state index >= 15 is 0 Å². The molecule has 64 valence electrons. The summed E-state index contributed by atoms with van der Waals surface area (Å²) < 4.78 is 0. The Morgan fingerprint density at radius 2 is 2.50 bits per heavy atom. The predicted molar refractivity (Wildman–Crippen MR) is 47.6 cm³/mol. The smallest absolute Gasteiger partial charge is 0.225 e. The number of hydrogen-bond acceptors (Lipinski definition) is 3. The number of anilines is 2. The molecule has 4 heteroatoms. The molecule has 0 saturated carbocycles. The zero-order valence-electron chi connectivity index (χ0n) is 6.87. The molecule has 0 radical (unpaired) electrons. The quantitative estimate of drug-likeness (QED) is 0.687. The van der Waals surface area contributed by atoms with E-state index in [9.17, 15) is 4.79 Å². The van der Waals surface area contributed by atoms with Crippen LogP contribution in [-0.4, -0.2) is 10.9 Å². The van der Waals surface area contributed by atoms with Crippen molar-refractivity contribution in [2.75, 3.05) is 11.1 Å². The maximum Gasteiger partial charge on any atom is 0.225 e. The van der Waals surface area contributed by atoms with Gasteiger partial charge in [-0.15, -0.1) is 0 Å². The first kappa shape index (κ1) is 8.52. The Balaban J connectivity index is 2.69. The van der Waals surface area contributed by atoms with Crippen LogP contribution >= 0.6 is 0 Å². The van der Waals surface area contributed by atoms with Crippen LogP contribution in [0.4, 0.5) is 11.5 Å². The Kier molecular flexibility index (Phi) is 2.63. The molecule has 0 aliphatic heterocycles. The zero-order valence-corrected chi connectivity index (χ0v) is 6.87. The average molecular weight is 165 g/mol. The lowest BCUT2D eigenvalue weighted by Crippen LogP contribution is -2.10. The molecule has 1 heterocycles. The van der Waals surface area contributed by atoms with Gasteiger partial charge in [-0.3, -0.25) is 4.79 Å². The molecule has 0 bridgehead atoms. The summed E-state index contributed by atoms with van der Waals surface area (Å²) >= 11 is 0. The lowest BCUT2D eigenvalue weighted by molar-refractivity contribution is -0.115. The number of amides is 1. The number of nitrogens with two attached hydrogens (primary N) is 1. The highest BCUT2D eigenvalue weighted by Crippen LogP contribution is 2.07. The van der Waals surface area contributed by atoms with Crippen LogP contribution in [0.15, 0.2) is 18.3 Å². The topological polar surface area (TPSA) is 68.0 Å². The van der Waals surface area contributed by atoms with E-state index in [0.717, 1.165) is 0 Å². The number of nitrogens with one attached hydrogen (secondary N) is 1. The summed E-state index contributed by atoms with van der Waals surface area (Å²) in [5.41, 5.74) is 6.08. The highest BCUT2D eigenvalue weighted by Gasteiger charge is 1.98. The molecule has 3 N–H and O–H groups in total. The van der Waals surface area contributed by atoms with Crippen LogP contribution in [0.5, 0.6) is 0 Å². The molecule has 0 spiro atoms. The molecule has 0 unspecified atom stereocenters. The predicted octanol–water partition coefficient (Wildman–Crippen LogP) is 1.01. The minimum absolute atomic E-state index is 0.0619. The molecular formula is C8H11N3O. The van der Waals surface area contributed by atoms with Crippen molar-refractivity contribution in [1.82, 2.24) is 4.98 Å². The fourth-order valence-electron chi connectivity index (χ4n) is 0.746. The Morgan fingerprint density at radius 1 is 1.75 bits per heavy atom. The third-order valence-corrected chi connectivity index (χ3v) is 1.37. The minimum atomic E-state index is -0.0619. The largest absolute Gasteiger partial charge is 0.399 e. The third kappa shape index (κ3) is 2.23. The van der Waals surface area contributed by atoms with Crippen molar-refractivity contribution in [3.05, 3.63) is 18.3 Å². The van der Waals surface area contributed by atoms with Crippen LogP contribution in [0.3, 0.4) is 0 Å². The van der Waals surface area contributed by atoms with E-state index in [1.807, 2.05) is 0 Å². The van der Waals surface area contributed by atoms with Crippen molar-refractivity contribution >= 4 is 17.4 Å². The van der Waals surface area contributed by atoms with Gasteiger partial charge in [0.25, 0.3) is 0 Å². The first-order valence-electron chi connectivity index (χ1n) is 3.73. The maximum absolute atomic E-state index is 10.9. The number of rotatable bonds is 2. The van der Waals surface area contributed by atoms with Gasteiger partial charge in [0.2, 0.25) is 5.91 Å². The van der Waals surface area contributed by atoms with Gasteiger partial charge in [0.1, 0.15) is 5.82 Å². The number of carbonyl (C=O) groups excluding carboxylic acids is 1. The molecule has 4 nitrogen and oxygen atoms in total. The standard InChI is InChI=1S/C8H11N3O/c1-2-8(12)11-7-5-6(9)3-4-10-7/h3-5H,2H2,1H3,(H3,9,10,11,12). The van der Waals surface area contributed by atoms with Crippen LogP contribution < -0.4 is 11.1 Å². The van der Waals surface area contributed by atoms with Gasteiger partial charge in [0.15, 0.2) is 0 Å². The van der Waals surface area contributed by atoms with E-state index in [1.54, 1.807) is 25.3 Å².